The number of nitrogens with zero attached hydrogens (tertiary/aromatic N) is 2. The Kier molecular flexibility index (Phi) is 10.4. The Morgan fingerprint density at radius 2 is 2.00 bits per heavy atom. The van der Waals surface area contributed by atoms with Gasteiger partial charge in [-0.1, -0.05) is 42.4 Å². The number of carbonyl (C=O) groups is 2. The van der Waals surface area contributed by atoms with Crippen LogP contribution in [0.3, 0.4) is 0 Å². The number of nitro benzene ring substituents is 1. The summed E-state index contributed by atoms with van der Waals surface area (Å²) in [4.78, 5) is 35.1. The second-order valence-electron chi connectivity index (χ2n) is 7.23. The van der Waals surface area contributed by atoms with E-state index in [9.17, 15) is 19.7 Å². The van der Waals surface area contributed by atoms with Gasteiger partial charge in [0.25, 0.3) is 5.69 Å². The Balaban J connectivity index is 2.84. The van der Waals surface area contributed by atoms with Crippen LogP contribution in [0, 0.1) is 28.4 Å². The van der Waals surface area contributed by atoms with Crippen LogP contribution in [-0.4, -0.2) is 47.2 Å². The average Bonchev–Trinajstić information content (AvgIpc) is 2.68. The Bertz CT molecular complexity index is 850. The van der Waals surface area contributed by atoms with E-state index in [0.717, 1.165) is 0 Å². The molecule has 12 heteroatoms. The average molecular weight is 472 g/mol. The van der Waals surface area contributed by atoms with Gasteiger partial charge in [0.15, 0.2) is 6.61 Å². The second-order valence-corrected chi connectivity index (χ2v) is 10.4. The second kappa shape index (κ2) is 12.3. The number of carbonyl (C=O) groups excluding carboxylic acids is 2. The molecule has 1 N–H and O–H groups in total. The van der Waals surface area contributed by atoms with Crippen molar-refractivity contribution in [3.8, 4) is 11.8 Å². The van der Waals surface area contributed by atoms with E-state index in [1.807, 2.05) is 20.8 Å². The van der Waals surface area contributed by atoms with Crippen molar-refractivity contribution in [1.29, 1.82) is 5.26 Å². The van der Waals surface area contributed by atoms with Crippen LogP contribution in [0.25, 0.3) is 0 Å². The molecule has 0 radical (unpaired) electrons. The fraction of sp³-hybridized carbons (Fsp3) is 0.526. The van der Waals surface area contributed by atoms with Gasteiger partial charge in [0.2, 0.25) is 0 Å². The van der Waals surface area contributed by atoms with E-state index in [-0.39, 0.29) is 21.8 Å². The van der Waals surface area contributed by atoms with Crippen LogP contribution in [0.15, 0.2) is 12.1 Å². The first-order valence-electron chi connectivity index (χ1n) is 9.08. The van der Waals surface area contributed by atoms with E-state index in [1.54, 1.807) is 13.0 Å². The highest BCUT2D eigenvalue weighted by molar-refractivity contribution is 8.77. The molecule has 0 heterocycles. The lowest BCUT2D eigenvalue weighted by Gasteiger charge is -2.20. The van der Waals surface area contributed by atoms with E-state index in [4.69, 9.17) is 19.5 Å². The smallest absolute Gasteiger partial charge is 0.408 e. The number of nitrogens with one attached hydrogen (secondary N) is 1. The van der Waals surface area contributed by atoms with Gasteiger partial charge in [0, 0.05) is 16.6 Å². The summed E-state index contributed by atoms with van der Waals surface area (Å²) in [5.74, 6) is -0.179. The number of nitro groups is 1. The van der Waals surface area contributed by atoms with Gasteiger partial charge in [-0.3, -0.25) is 10.1 Å². The number of hydrogen-bond acceptors (Lipinski definition) is 10. The number of methoxy groups -OCH3 is 1. The molecule has 10 nitrogen and oxygen atoms in total. The Morgan fingerprint density at radius 3 is 2.55 bits per heavy atom. The minimum Gasteiger partial charge on any atom is -0.496 e. The normalized spacial score (nSPS) is 11.7. The largest absolute Gasteiger partial charge is 0.496 e. The lowest BCUT2D eigenvalue weighted by Crippen LogP contribution is -2.43. The van der Waals surface area contributed by atoms with Gasteiger partial charge in [0.1, 0.15) is 24.5 Å². The number of benzene rings is 1. The van der Waals surface area contributed by atoms with Gasteiger partial charge in [-0.25, -0.2) is 9.59 Å². The van der Waals surface area contributed by atoms with Gasteiger partial charge in [-0.2, -0.15) is 5.26 Å². The third kappa shape index (κ3) is 9.35. The van der Waals surface area contributed by atoms with Crippen molar-refractivity contribution in [3.05, 3.63) is 33.4 Å². The lowest BCUT2D eigenvalue weighted by atomic mass is 10.1. The number of hydrogen-bond donors (Lipinski definition) is 1. The summed E-state index contributed by atoms with van der Waals surface area (Å²) < 4.78 is 15.0. The summed E-state index contributed by atoms with van der Waals surface area (Å²) >= 11 is 0. The van der Waals surface area contributed by atoms with Crippen LogP contribution >= 0.6 is 21.6 Å². The van der Waals surface area contributed by atoms with E-state index in [1.165, 1.54) is 40.8 Å². The van der Waals surface area contributed by atoms with Gasteiger partial charge in [-0.15, -0.1) is 0 Å². The zero-order valence-electron chi connectivity index (χ0n) is 17.9. The zero-order valence-corrected chi connectivity index (χ0v) is 19.6. The minimum atomic E-state index is -1.05. The molecule has 0 saturated heterocycles. The van der Waals surface area contributed by atoms with Gasteiger partial charge >= 0.3 is 12.1 Å². The number of ether oxygens (including phenoxy) is 3. The van der Waals surface area contributed by atoms with Crippen LogP contribution in [0.1, 0.15) is 31.9 Å². The molecule has 0 aliphatic rings. The molecule has 0 bridgehead atoms. The predicted octanol–water partition coefficient (Wildman–Crippen LogP) is 3.75. The van der Waals surface area contributed by atoms with Crippen LogP contribution in [0.2, 0.25) is 0 Å². The number of rotatable bonds is 10. The molecule has 1 amide bonds. The van der Waals surface area contributed by atoms with E-state index in [2.05, 4.69) is 5.32 Å². The summed E-state index contributed by atoms with van der Waals surface area (Å²) in [6.45, 7) is 6.81. The summed E-state index contributed by atoms with van der Waals surface area (Å²) in [7, 11) is 4.30. The van der Waals surface area contributed by atoms with Crippen molar-refractivity contribution in [2.45, 2.75) is 45.1 Å². The molecule has 1 aromatic carbocycles. The summed E-state index contributed by atoms with van der Waals surface area (Å²) in [5, 5.41) is 22.3. The molecule has 1 rings (SSSR count). The fourth-order valence-corrected chi connectivity index (χ4v) is 4.65. The fourth-order valence-electron chi connectivity index (χ4n) is 2.20. The molecule has 0 aliphatic carbocycles. The maximum Gasteiger partial charge on any atom is 0.408 e. The maximum atomic E-state index is 12.2. The van der Waals surface area contributed by atoms with Crippen LogP contribution < -0.4 is 10.1 Å². The lowest BCUT2D eigenvalue weighted by molar-refractivity contribution is -0.385. The molecule has 1 atom stereocenters. The molecule has 0 fully saturated rings. The molecule has 0 unspecified atom stereocenters. The highest BCUT2D eigenvalue weighted by Crippen LogP contribution is 2.35. The number of esters is 1. The van der Waals surface area contributed by atoms with Crippen molar-refractivity contribution in [3.63, 3.8) is 0 Å². The molecule has 170 valence electrons. The maximum absolute atomic E-state index is 12.2. The number of nitriles is 1. The van der Waals surface area contributed by atoms with Crippen LogP contribution in [0.5, 0.6) is 5.75 Å². The van der Waals surface area contributed by atoms with Gasteiger partial charge in [-0.05, 0) is 18.6 Å². The Morgan fingerprint density at radius 1 is 1.32 bits per heavy atom. The van der Waals surface area contributed by atoms with Crippen molar-refractivity contribution < 1.29 is 28.7 Å². The molecule has 0 aromatic heterocycles. The van der Waals surface area contributed by atoms with Crippen molar-refractivity contribution in [1.82, 2.24) is 5.32 Å². The van der Waals surface area contributed by atoms with E-state index < -0.39 is 36.2 Å². The summed E-state index contributed by atoms with van der Waals surface area (Å²) in [5.41, 5.74) is 0.494. The van der Waals surface area contributed by atoms with Crippen molar-refractivity contribution >= 4 is 39.3 Å². The Labute approximate surface area is 188 Å². The third-order valence-corrected chi connectivity index (χ3v) is 6.90. The van der Waals surface area contributed by atoms with Crippen molar-refractivity contribution in [2.24, 2.45) is 0 Å². The molecular formula is C19H25N3O7S2. The molecular weight excluding hydrogens is 446 g/mol. The zero-order chi connectivity index (χ0) is 23.6. The SMILES string of the molecule is COc1cc(COC(=O)N[C@@H](CSSC(C)(C)C)C(=O)OCC#N)c([N+](=O)[O-])cc1C. The summed E-state index contributed by atoms with van der Waals surface area (Å²) in [6.07, 6.45) is -0.950. The first-order valence-corrected chi connectivity index (χ1v) is 11.4. The van der Waals surface area contributed by atoms with Gasteiger partial charge in [0.05, 0.1) is 17.6 Å². The summed E-state index contributed by atoms with van der Waals surface area (Å²) in [6, 6.07) is 3.40. The number of alkyl carbamates (subject to hydrolysis) is 1. The van der Waals surface area contributed by atoms with Crippen LogP contribution in [-0.2, 0) is 20.9 Å². The van der Waals surface area contributed by atoms with Crippen LogP contribution in [0.4, 0.5) is 10.5 Å². The topological polar surface area (TPSA) is 141 Å². The Hall–Kier alpha value is -2.65. The highest BCUT2D eigenvalue weighted by atomic mass is 33.1. The van der Waals surface area contributed by atoms with Gasteiger partial charge < -0.3 is 19.5 Å². The third-order valence-electron chi connectivity index (χ3n) is 3.55. The molecule has 0 saturated carbocycles. The van der Waals surface area contributed by atoms with E-state index in [0.29, 0.717) is 11.3 Å². The first kappa shape index (κ1) is 26.4. The quantitative estimate of drug-likeness (QED) is 0.232. The molecule has 0 spiro atoms. The first-order chi connectivity index (χ1) is 14.5. The molecule has 1 aromatic rings. The molecule has 31 heavy (non-hydrogen) atoms. The highest BCUT2D eigenvalue weighted by Gasteiger charge is 2.25. The monoisotopic (exact) mass is 471 g/mol. The van der Waals surface area contributed by atoms with E-state index >= 15 is 0 Å². The molecule has 0 aliphatic heterocycles. The number of aryl methyl sites for hydroxylation is 1. The predicted molar refractivity (Wildman–Crippen MR) is 118 cm³/mol. The number of amides is 1. The van der Waals surface area contributed by atoms with Crippen molar-refractivity contribution in [2.75, 3.05) is 19.5 Å². The minimum absolute atomic E-state index is 0.0737. The standard InChI is InChI=1S/C19H25N3O7S2/c1-12-8-15(22(25)26)13(9-16(12)27-5)10-29-18(24)21-14(17(23)28-7-6-20)11-30-31-19(2,3)4/h8-9,14H,7,10-11H2,1-5H3,(H,21,24)/t14-/m0/s1.